The minimum Gasteiger partial charge on any atom is -0.478 e. The molecule has 0 saturated carbocycles. The molecule has 0 spiro atoms. The number of para-hydroxylation sites is 1. The lowest BCUT2D eigenvalue weighted by molar-refractivity contribution is 0.0694. The van der Waals surface area contributed by atoms with E-state index < -0.39 is 11.8 Å². The number of fused-ring (bicyclic) bond motifs is 1. The minimum atomic E-state index is -1.21. The largest absolute Gasteiger partial charge is 0.478 e. The van der Waals surface area contributed by atoms with E-state index in [1.807, 2.05) is 6.07 Å². The molecular weight excluding hydrogens is 275 g/mol. The highest BCUT2D eigenvalue weighted by Crippen LogP contribution is 2.29. The molecule has 2 aromatic carbocycles. The van der Waals surface area contributed by atoms with Crippen LogP contribution in [-0.2, 0) is 0 Å². The monoisotopic (exact) mass is 284 g/mol. The molecule has 1 aromatic heterocycles. The number of aromatic carboxylic acids is 1. The molecule has 0 fully saturated rings. The number of carboxylic acids is 1. The van der Waals surface area contributed by atoms with E-state index in [1.54, 1.807) is 18.2 Å². The second-order valence-corrected chi connectivity index (χ2v) is 4.24. The fourth-order valence-corrected chi connectivity index (χ4v) is 1.92. The van der Waals surface area contributed by atoms with Crippen molar-refractivity contribution in [3.05, 3.63) is 60.2 Å². The molecule has 0 unspecified atom stereocenters. The molecule has 0 saturated heterocycles. The number of nitrogens with zero attached hydrogens (tertiary/aromatic N) is 2. The normalized spacial score (nSPS) is 10.5. The predicted octanol–water partition coefficient (Wildman–Crippen LogP) is 3.26. The van der Waals surface area contributed by atoms with Crippen LogP contribution in [0.3, 0.4) is 0 Å². The van der Waals surface area contributed by atoms with Crippen LogP contribution in [0.2, 0.25) is 0 Å². The molecular formula is C15H9FN2O3. The van der Waals surface area contributed by atoms with Gasteiger partial charge in [0, 0.05) is 6.07 Å². The summed E-state index contributed by atoms with van der Waals surface area (Å²) in [5.74, 6) is -1.73. The van der Waals surface area contributed by atoms with Crippen LogP contribution in [0.15, 0.2) is 48.8 Å². The van der Waals surface area contributed by atoms with Crippen LogP contribution in [0.4, 0.5) is 4.39 Å². The first kappa shape index (κ1) is 13.0. The summed E-state index contributed by atoms with van der Waals surface area (Å²) in [6, 6.07) is 10.3. The van der Waals surface area contributed by atoms with Gasteiger partial charge >= 0.3 is 5.97 Å². The van der Waals surface area contributed by atoms with Crippen LogP contribution >= 0.6 is 0 Å². The maximum atomic E-state index is 13.3. The number of benzene rings is 2. The van der Waals surface area contributed by atoms with Crippen LogP contribution in [-0.4, -0.2) is 21.0 Å². The molecule has 6 heteroatoms. The Morgan fingerprint density at radius 3 is 2.76 bits per heavy atom. The Balaban J connectivity index is 2.11. The van der Waals surface area contributed by atoms with Crippen LogP contribution < -0.4 is 4.74 Å². The molecule has 5 nitrogen and oxygen atoms in total. The number of carbonyl (C=O) groups is 1. The molecule has 3 rings (SSSR count). The number of ether oxygens (including phenoxy) is 1. The number of hydrogen-bond acceptors (Lipinski definition) is 4. The van der Waals surface area contributed by atoms with Crippen molar-refractivity contribution < 1.29 is 19.0 Å². The van der Waals surface area contributed by atoms with Crippen LogP contribution in [0.5, 0.6) is 11.6 Å². The molecule has 1 N–H and O–H groups in total. The van der Waals surface area contributed by atoms with Crippen molar-refractivity contribution >= 4 is 16.9 Å². The average molecular weight is 284 g/mol. The van der Waals surface area contributed by atoms with Crippen molar-refractivity contribution in [2.24, 2.45) is 0 Å². The summed E-state index contributed by atoms with van der Waals surface area (Å²) in [6.45, 7) is 0. The summed E-state index contributed by atoms with van der Waals surface area (Å²) in [4.78, 5) is 19.2. The van der Waals surface area contributed by atoms with Crippen molar-refractivity contribution in [2.75, 3.05) is 0 Å². The fraction of sp³-hybridized carbons (Fsp3) is 0. The van der Waals surface area contributed by atoms with Crippen LogP contribution in [0.1, 0.15) is 10.4 Å². The maximum absolute atomic E-state index is 13.3. The third-order valence-electron chi connectivity index (χ3n) is 2.89. The van der Waals surface area contributed by atoms with Crippen molar-refractivity contribution in [1.29, 1.82) is 0 Å². The Labute approximate surface area is 118 Å². The van der Waals surface area contributed by atoms with Crippen molar-refractivity contribution in [3.63, 3.8) is 0 Å². The summed E-state index contributed by atoms with van der Waals surface area (Å²) >= 11 is 0. The molecule has 104 valence electrons. The molecule has 0 radical (unpaired) electrons. The van der Waals surface area contributed by atoms with E-state index in [0.717, 1.165) is 18.2 Å². The lowest BCUT2D eigenvalue weighted by Crippen LogP contribution is -2.01. The Morgan fingerprint density at radius 1 is 1.14 bits per heavy atom. The average Bonchev–Trinajstić information content (AvgIpc) is 2.47. The number of halogens is 1. The highest BCUT2D eigenvalue weighted by atomic mass is 19.1. The van der Waals surface area contributed by atoms with Gasteiger partial charge in [-0.25, -0.2) is 19.2 Å². The molecule has 3 aromatic rings. The highest BCUT2D eigenvalue weighted by Gasteiger charge is 2.15. The zero-order valence-corrected chi connectivity index (χ0v) is 10.7. The van der Waals surface area contributed by atoms with Gasteiger partial charge in [-0.2, -0.15) is 0 Å². The predicted molar refractivity (Wildman–Crippen MR) is 73.0 cm³/mol. The Morgan fingerprint density at radius 2 is 1.95 bits per heavy atom. The lowest BCUT2D eigenvalue weighted by atomic mass is 10.2. The fourth-order valence-electron chi connectivity index (χ4n) is 1.92. The first-order valence-electron chi connectivity index (χ1n) is 6.05. The van der Waals surface area contributed by atoms with E-state index in [4.69, 9.17) is 9.84 Å². The summed E-state index contributed by atoms with van der Waals surface area (Å²) in [7, 11) is 0. The van der Waals surface area contributed by atoms with Crippen LogP contribution in [0.25, 0.3) is 10.9 Å². The van der Waals surface area contributed by atoms with Crippen molar-refractivity contribution in [2.45, 2.75) is 0 Å². The van der Waals surface area contributed by atoms with Gasteiger partial charge in [0.1, 0.15) is 23.5 Å². The number of aromatic nitrogens is 2. The number of carboxylic acid groups (broad SMARTS) is 1. The molecule has 0 aliphatic carbocycles. The second-order valence-electron chi connectivity index (χ2n) is 4.24. The second kappa shape index (κ2) is 5.16. The van der Waals surface area contributed by atoms with Crippen molar-refractivity contribution in [3.8, 4) is 11.6 Å². The van der Waals surface area contributed by atoms with Gasteiger partial charge in [0.25, 0.3) is 0 Å². The quantitative estimate of drug-likeness (QED) is 0.799. The summed E-state index contributed by atoms with van der Waals surface area (Å²) < 4.78 is 18.8. The molecule has 0 aliphatic heterocycles. The van der Waals surface area contributed by atoms with Gasteiger partial charge in [-0.05, 0) is 24.3 Å². The maximum Gasteiger partial charge on any atom is 0.339 e. The zero-order chi connectivity index (χ0) is 14.8. The molecule has 1 heterocycles. The molecule has 0 atom stereocenters. The molecule has 0 amide bonds. The van der Waals surface area contributed by atoms with E-state index in [2.05, 4.69) is 9.97 Å². The highest BCUT2D eigenvalue weighted by molar-refractivity contribution is 5.91. The van der Waals surface area contributed by atoms with Gasteiger partial charge in [-0.15, -0.1) is 0 Å². The smallest absolute Gasteiger partial charge is 0.339 e. The van der Waals surface area contributed by atoms with Crippen LogP contribution in [0, 0.1) is 5.82 Å². The van der Waals surface area contributed by atoms with E-state index in [0.29, 0.717) is 10.9 Å². The molecule has 21 heavy (non-hydrogen) atoms. The third kappa shape index (κ3) is 2.51. The first-order chi connectivity index (χ1) is 10.1. The Bertz CT molecular complexity index is 831. The van der Waals surface area contributed by atoms with Gasteiger partial charge in [0.15, 0.2) is 0 Å². The van der Waals surface area contributed by atoms with Gasteiger partial charge in [0.05, 0.1) is 10.9 Å². The first-order valence-corrected chi connectivity index (χ1v) is 6.05. The van der Waals surface area contributed by atoms with Gasteiger partial charge < -0.3 is 9.84 Å². The lowest BCUT2D eigenvalue weighted by Gasteiger charge is -2.09. The third-order valence-corrected chi connectivity index (χ3v) is 2.89. The zero-order valence-electron chi connectivity index (χ0n) is 10.7. The SMILES string of the molecule is O=C(O)c1ccc(F)cc1Oc1ncnc2ccccc12. The minimum absolute atomic E-state index is 0.105. The standard InChI is InChI=1S/C15H9FN2O3/c16-9-5-6-11(15(19)20)13(7-9)21-14-10-3-1-2-4-12(10)17-8-18-14/h1-8H,(H,19,20). The molecule has 0 aliphatic rings. The van der Waals surface area contributed by atoms with Gasteiger partial charge in [-0.3, -0.25) is 0 Å². The Kier molecular flexibility index (Phi) is 3.19. The van der Waals surface area contributed by atoms with E-state index in [9.17, 15) is 9.18 Å². The topological polar surface area (TPSA) is 72.3 Å². The van der Waals surface area contributed by atoms with Gasteiger partial charge in [-0.1, -0.05) is 12.1 Å². The summed E-state index contributed by atoms with van der Waals surface area (Å²) in [5, 5.41) is 9.72. The Hall–Kier alpha value is -3.02. The number of rotatable bonds is 3. The van der Waals surface area contributed by atoms with E-state index in [-0.39, 0.29) is 17.2 Å². The van der Waals surface area contributed by atoms with E-state index in [1.165, 1.54) is 6.33 Å². The van der Waals surface area contributed by atoms with Crippen molar-refractivity contribution in [1.82, 2.24) is 9.97 Å². The summed E-state index contributed by atoms with van der Waals surface area (Å²) in [6.07, 6.45) is 1.30. The summed E-state index contributed by atoms with van der Waals surface area (Å²) in [5.41, 5.74) is 0.509. The van der Waals surface area contributed by atoms with Gasteiger partial charge in [0.2, 0.25) is 5.88 Å². The van der Waals surface area contributed by atoms with E-state index >= 15 is 0 Å². The number of hydrogen-bond donors (Lipinski definition) is 1. The molecule has 0 bridgehead atoms.